The molecule has 130 valence electrons. The van der Waals surface area contributed by atoms with Crippen LogP contribution in [0.15, 0.2) is 6.20 Å². The van der Waals surface area contributed by atoms with E-state index in [2.05, 4.69) is 31.2 Å². The number of rotatable bonds is 4. The van der Waals surface area contributed by atoms with Gasteiger partial charge in [-0.05, 0) is 38.7 Å². The van der Waals surface area contributed by atoms with Crippen molar-refractivity contribution in [2.75, 3.05) is 18.4 Å². The molecule has 2 amide bonds. The minimum absolute atomic E-state index is 0.326. The van der Waals surface area contributed by atoms with E-state index in [1.807, 2.05) is 10.9 Å². The summed E-state index contributed by atoms with van der Waals surface area (Å²) in [6.45, 7) is 8.54. The van der Waals surface area contributed by atoms with Crippen molar-refractivity contribution < 1.29 is 4.79 Å². The fraction of sp³-hybridized carbons (Fsp3) is 0.588. The number of hydrogen-bond acceptors (Lipinski definition) is 4. The average molecular weight is 330 g/mol. The molecule has 1 aliphatic heterocycles. The zero-order valence-corrected chi connectivity index (χ0v) is 14.7. The summed E-state index contributed by atoms with van der Waals surface area (Å²) in [6, 6.07) is 0.00741. The van der Waals surface area contributed by atoms with Crippen LogP contribution in [-0.4, -0.2) is 44.8 Å². The van der Waals surface area contributed by atoms with Crippen molar-refractivity contribution in [1.82, 2.24) is 19.7 Å². The number of aryl methyl sites for hydroxylation is 2. The molecule has 7 heteroatoms. The van der Waals surface area contributed by atoms with Crippen molar-refractivity contribution in [3.63, 3.8) is 0 Å². The summed E-state index contributed by atoms with van der Waals surface area (Å²) in [7, 11) is 0. The summed E-state index contributed by atoms with van der Waals surface area (Å²) in [5.41, 5.74) is 9.74. The summed E-state index contributed by atoms with van der Waals surface area (Å²) in [5.74, 6) is 0. The molecule has 0 radical (unpaired) electrons. The topological polar surface area (TPSA) is 89.1 Å². The molecular formula is C17H26N6O. The van der Waals surface area contributed by atoms with Crippen LogP contribution in [0.25, 0.3) is 11.0 Å². The zero-order valence-electron chi connectivity index (χ0n) is 14.7. The van der Waals surface area contributed by atoms with Gasteiger partial charge in [0, 0.05) is 31.4 Å². The SMILES string of the molecule is CCc1nc2c(cnn2CC)c(NC2CCN(C(N)=O)CC2)c1C. The summed E-state index contributed by atoms with van der Waals surface area (Å²) >= 11 is 0. The molecule has 3 N–H and O–H groups in total. The number of nitrogens with one attached hydrogen (secondary N) is 1. The van der Waals surface area contributed by atoms with E-state index in [9.17, 15) is 4.79 Å². The van der Waals surface area contributed by atoms with E-state index in [-0.39, 0.29) is 6.03 Å². The molecule has 0 aromatic carbocycles. The molecular weight excluding hydrogens is 304 g/mol. The second-order valence-electron chi connectivity index (χ2n) is 6.35. The largest absolute Gasteiger partial charge is 0.381 e. The van der Waals surface area contributed by atoms with Crippen LogP contribution in [0.3, 0.4) is 0 Å². The number of fused-ring (bicyclic) bond motifs is 1. The summed E-state index contributed by atoms with van der Waals surface area (Å²) in [4.78, 5) is 17.8. The fourth-order valence-electron chi connectivity index (χ4n) is 3.44. The minimum Gasteiger partial charge on any atom is -0.381 e. The monoisotopic (exact) mass is 330 g/mol. The van der Waals surface area contributed by atoms with Gasteiger partial charge in [0.1, 0.15) is 0 Å². The van der Waals surface area contributed by atoms with Gasteiger partial charge in [0.2, 0.25) is 0 Å². The maximum Gasteiger partial charge on any atom is 0.314 e. The van der Waals surface area contributed by atoms with Crippen molar-refractivity contribution >= 4 is 22.8 Å². The minimum atomic E-state index is -0.326. The van der Waals surface area contributed by atoms with Gasteiger partial charge in [-0.3, -0.25) is 0 Å². The number of hydrogen-bond donors (Lipinski definition) is 2. The summed E-state index contributed by atoms with van der Waals surface area (Å²) in [5, 5.41) is 9.23. The quantitative estimate of drug-likeness (QED) is 0.900. The molecule has 24 heavy (non-hydrogen) atoms. The Balaban J connectivity index is 1.90. The van der Waals surface area contributed by atoms with Crippen molar-refractivity contribution in [2.24, 2.45) is 5.73 Å². The number of amides is 2. The first-order valence-electron chi connectivity index (χ1n) is 8.71. The highest BCUT2D eigenvalue weighted by molar-refractivity contribution is 5.91. The predicted molar refractivity (Wildman–Crippen MR) is 95.1 cm³/mol. The number of carbonyl (C=O) groups is 1. The third-order valence-corrected chi connectivity index (χ3v) is 4.92. The van der Waals surface area contributed by atoms with Gasteiger partial charge < -0.3 is 16.0 Å². The van der Waals surface area contributed by atoms with E-state index in [0.717, 1.165) is 48.2 Å². The van der Waals surface area contributed by atoms with Gasteiger partial charge in [0.25, 0.3) is 0 Å². The van der Waals surface area contributed by atoms with Crippen LogP contribution < -0.4 is 11.1 Å². The van der Waals surface area contributed by atoms with Crippen LogP contribution in [0, 0.1) is 6.92 Å². The Hall–Kier alpha value is -2.31. The predicted octanol–water partition coefficient (Wildman–Crippen LogP) is 2.28. The van der Waals surface area contributed by atoms with Crippen LogP contribution in [-0.2, 0) is 13.0 Å². The Morgan fingerprint density at radius 1 is 1.38 bits per heavy atom. The van der Waals surface area contributed by atoms with Gasteiger partial charge in [0.15, 0.2) is 5.65 Å². The highest BCUT2D eigenvalue weighted by Gasteiger charge is 2.23. The molecule has 3 heterocycles. The molecule has 1 saturated heterocycles. The number of nitrogens with two attached hydrogens (primary N) is 1. The van der Waals surface area contributed by atoms with E-state index in [0.29, 0.717) is 19.1 Å². The Kier molecular flexibility index (Phi) is 4.59. The number of primary amides is 1. The highest BCUT2D eigenvalue weighted by atomic mass is 16.2. The van der Waals surface area contributed by atoms with E-state index >= 15 is 0 Å². The van der Waals surface area contributed by atoms with E-state index in [1.165, 1.54) is 5.56 Å². The molecule has 2 aromatic heterocycles. The molecule has 7 nitrogen and oxygen atoms in total. The number of urea groups is 1. The molecule has 0 aliphatic carbocycles. The fourth-order valence-corrected chi connectivity index (χ4v) is 3.44. The van der Waals surface area contributed by atoms with Gasteiger partial charge in [-0.1, -0.05) is 6.92 Å². The lowest BCUT2D eigenvalue weighted by Gasteiger charge is -2.32. The second kappa shape index (κ2) is 6.67. The molecule has 0 spiro atoms. The normalized spacial score (nSPS) is 15.9. The molecule has 0 bridgehead atoms. The first-order chi connectivity index (χ1) is 11.5. The molecule has 0 atom stereocenters. The molecule has 2 aromatic rings. The third-order valence-electron chi connectivity index (χ3n) is 4.92. The standard InChI is InChI=1S/C17H26N6O/c1-4-14-11(3)15(13-10-19-23(5-2)16(13)21-14)20-12-6-8-22(9-7-12)17(18)24/h10,12H,4-9H2,1-3H3,(H2,18,24)(H,20,21). The van der Waals surface area contributed by atoms with Crippen LogP contribution in [0.4, 0.5) is 10.5 Å². The van der Waals surface area contributed by atoms with E-state index < -0.39 is 0 Å². The number of piperidine rings is 1. The molecule has 1 fully saturated rings. The molecule has 3 rings (SSSR count). The molecule has 0 saturated carbocycles. The van der Waals surface area contributed by atoms with Gasteiger partial charge in [-0.25, -0.2) is 14.5 Å². The highest BCUT2D eigenvalue weighted by Crippen LogP contribution is 2.30. The van der Waals surface area contributed by atoms with E-state index in [4.69, 9.17) is 10.7 Å². The van der Waals surface area contributed by atoms with Crippen molar-refractivity contribution in [1.29, 1.82) is 0 Å². The maximum atomic E-state index is 11.3. The van der Waals surface area contributed by atoms with Gasteiger partial charge >= 0.3 is 6.03 Å². The smallest absolute Gasteiger partial charge is 0.314 e. The van der Waals surface area contributed by atoms with Gasteiger partial charge in [0.05, 0.1) is 17.3 Å². The number of anilines is 1. The average Bonchev–Trinajstić information content (AvgIpc) is 3.00. The van der Waals surface area contributed by atoms with Gasteiger partial charge in [-0.2, -0.15) is 5.10 Å². The van der Waals surface area contributed by atoms with Crippen molar-refractivity contribution in [3.8, 4) is 0 Å². The van der Waals surface area contributed by atoms with Crippen molar-refractivity contribution in [2.45, 2.75) is 52.6 Å². The molecule has 0 unspecified atom stereocenters. The molecule has 1 aliphatic rings. The Bertz CT molecular complexity index is 745. The van der Waals surface area contributed by atoms with Crippen LogP contribution in [0.5, 0.6) is 0 Å². The van der Waals surface area contributed by atoms with Gasteiger partial charge in [-0.15, -0.1) is 0 Å². The zero-order chi connectivity index (χ0) is 17.3. The number of nitrogens with zero attached hydrogens (tertiary/aromatic N) is 4. The Labute approximate surface area is 142 Å². The first kappa shape index (κ1) is 16.5. The first-order valence-corrected chi connectivity index (χ1v) is 8.71. The van der Waals surface area contributed by atoms with Crippen molar-refractivity contribution in [3.05, 3.63) is 17.5 Å². The number of carbonyl (C=O) groups excluding carboxylic acids is 1. The lowest BCUT2D eigenvalue weighted by molar-refractivity contribution is 0.193. The third kappa shape index (κ3) is 2.90. The lowest BCUT2D eigenvalue weighted by atomic mass is 10.0. The lowest BCUT2D eigenvalue weighted by Crippen LogP contribution is -2.44. The number of pyridine rings is 1. The van der Waals surface area contributed by atoms with Crippen LogP contribution in [0.1, 0.15) is 37.9 Å². The van der Waals surface area contributed by atoms with E-state index in [1.54, 1.807) is 4.90 Å². The number of aromatic nitrogens is 3. The summed E-state index contributed by atoms with van der Waals surface area (Å²) < 4.78 is 1.94. The van der Waals surface area contributed by atoms with Crippen LogP contribution >= 0.6 is 0 Å². The second-order valence-corrected chi connectivity index (χ2v) is 6.35. The Morgan fingerprint density at radius 3 is 2.67 bits per heavy atom. The van der Waals surface area contributed by atoms with Crippen LogP contribution in [0.2, 0.25) is 0 Å². The number of likely N-dealkylation sites (tertiary alicyclic amines) is 1. The summed E-state index contributed by atoms with van der Waals surface area (Å²) in [6.07, 6.45) is 4.59. The maximum absolute atomic E-state index is 11.3. The Morgan fingerprint density at radius 2 is 2.08 bits per heavy atom.